The lowest BCUT2D eigenvalue weighted by atomic mass is 10.2. The van der Waals surface area contributed by atoms with Crippen LogP contribution in [-0.2, 0) is 9.53 Å². The van der Waals surface area contributed by atoms with Crippen LogP contribution in [0.2, 0.25) is 0 Å². The molecule has 0 aliphatic heterocycles. The number of carbonyl (C=O) groups is 1. The molecule has 0 saturated heterocycles. The number of hydrogen-bond acceptors (Lipinski definition) is 5. The second-order valence-electron chi connectivity index (χ2n) is 2.16. The molecule has 0 amide bonds. The molecular weight excluding hydrogens is 152 g/mol. The minimum absolute atomic E-state index is 0.00431. The van der Waals surface area contributed by atoms with Crippen molar-refractivity contribution in [2.24, 2.45) is 0 Å². The van der Waals surface area contributed by atoms with E-state index in [0.29, 0.717) is 0 Å². The second kappa shape index (κ2) is 6.09. The van der Waals surface area contributed by atoms with Crippen LogP contribution >= 0.6 is 0 Å². The van der Waals surface area contributed by atoms with Gasteiger partial charge in [-0.1, -0.05) is 0 Å². The maximum absolute atomic E-state index is 9.62. The number of aliphatic hydroxyl groups excluding tert-OH is 3. The first kappa shape index (κ1) is 10.3. The van der Waals surface area contributed by atoms with Gasteiger partial charge in [0.2, 0.25) is 0 Å². The number of carbonyl (C=O) groups excluding carboxylic acids is 1. The second-order valence-corrected chi connectivity index (χ2v) is 2.16. The van der Waals surface area contributed by atoms with Crippen molar-refractivity contribution in [1.82, 2.24) is 0 Å². The normalized spacial score (nSPS) is 15.5. The van der Waals surface area contributed by atoms with E-state index in [2.05, 4.69) is 4.74 Å². The number of aliphatic hydroxyl groups is 3. The Balaban J connectivity index is 3.34. The summed E-state index contributed by atoms with van der Waals surface area (Å²) in [6.45, 7) is -0.340. The highest BCUT2D eigenvalue weighted by Crippen LogP contribution is 1.97. The molecule has 3 N–H and O–H groups in total. The molecule has 66 valence electrons. The SMILES string of the molecule is O=COCC(O)CC(O)CO. The van der Waals surface area contributed by atoms with Crippen LogP contribution in [0.5, 0.6) is 0 Å². The van der Waals surface area contributed by atoms with Crippen molar-refractivity contribution < 1.29 is 24.9 Å². The molecule has 0 aliphatic rings. The number of rotatable bonds is 6. The fourth-order valence-corrected chi connectivity index (χ4v) is 0.607. The van der Waals surface area contributed by atoms with Gasteiger partial charge >= 0.3 is 0 Å². The first-order valence-electron chi connectivity index (χ1n) is 3.23. The molecule has 5 nitrogen and oxygen atoms in total. The lowest BCUT2D eigenvalue weighted by molar-refractivity contribution is -0.132. The lowest BCUT2D eigenvalue weighted by Crippen LogP contribution is -2.24. The molecule has 2 unspecified atom stereocenters. The Hall–Kier alpha value is -0.650. The highest BCUT2D eigenvalue weighted by atomic mass is 16.5. The molecule has 0 saturated carbocycles. The van der Waals surface area contributed by atoms with Crippen molar-refractivity contribution >= 4 is 6.47 Å². The van der Waals surface area contributed by atoms with E-state index in [4.69, 9.17) is 15.3 Å². The summed E-state index contributed by atoms with van der Waals surface area (Å²) in [6.07, 6.45) is -1.87. The first-order chi connectivity index (χ1) is 5.20. The van der Waals surface area contributed by atoms with Gasteiger partial charge in [-0.05, 0) is 0 Å². The van der Waals surface area contributed by atoms with Crippen molar-refractivity contribution in [2.45, 2.75) is 18.6 Å². The van der Waals surface area contributed by atoms with Crippen LogP contribution in [0.1, 0.15) is 6.42 Å². The Labute approximate surface area is 64.2 Å². The number of ether oxygens (including phenoxy) is 1. The summed E-state index contributed by atoms with van der Waals surface area (Å²) in [6, 6.07) is 0. The van der Waals surface area contributed by atoms with Crippen LogP contribution in [0.25, 0.3) is 0 Å². The van der Waals surface area contributed by atoms with E-state index in [0.717, 1.165) is 0 Å². The third kappa shape index (κ3) is 5.78. The molecule has 0 aromatic carbocycles. The van der Waals surface area contributed by atoms with Crippen LogP contribution < -0.4 is 0 Å². The molecule has 0 fully saturated rings. The lowest BCUT2D eigenvalue weighted by Gasteiger charge is -2.11. The van der Waals surface area contributed by atoms with Crippen molar-refractivity contribution in [2.75, 3.05) is 13.2 Å². The summed E-state index contributed by atoms with van der Waals surface area (Å²) in [5.41, 5.74) is 0. The maximum atomic E-state index is 9.62. The fraction of sp³-hybridized carbons (Fsp3) is 0.833. The molecule has 0 aliphatic carbocycles. The molecule has 0 spiro atoms. The van der Waals surface area contributed by atoms with Crippen molar-refractivity contribution in [3.63, 3.8) is 0 Å². The summed E-state index contributed by atoms with van der Waals surface area (Å²) in [5, 5.41) is 26.0. The summed E-state index contributed by atoms with van der Waals surface area (Å²) in [7, 11) is 0. The van der Waals surface area contributed by atoms with E-state index in [1.807, 2.05) is 0 Å². The molecule has 0 aromatic rings. The quantitative estimate of drug-likeness (QED) is 0.406. The number of hydrogen-bond donors (Lipinski definition) is 3. The van der Waals surface area contributed by atoms with Gasteiger partial charge in [-0.15, -0.1) is 0 Å². The van der Waals surface area contributed by atoms with Crippen LogP contribution in [0.3, 0.4) is 0 Å². The predicted octanol–water partition coefficient (Wildman–Crippen LogP) is -1.74. The smallest absolute Gasteiger partial charge is 0.293 e. The molecule has 5 heteroatoms. The molecular formula is C6H12O5. The van der Waals surface area contributed by atoms with E-state index in [1.165, 1.54) is 0 Å². The average Bonchev–Trinajstić information content (AvgIpc) is 2.00. The topological polar surface area (TPSA) is 87.0 Å². The van der Waals surface area contributed by atoms with Crippen molar-refractivity contribution in [3.8, 4) is 0 Å². The van der Waals surface area contributed by atoms with Gasteiger partial charge in [0.25, 0.3) is 6.47 Å². The van der Waals surface area contributed by atoms with E-state index in [1.54, 1.807) is 0 Å². The highest BCUT2D eigenvalue weighted by molar-refractivity contribution is 5.36. The molecule has 0 rings (SSSR count). The average molecular weight is 164 g/mol. The van der Waals surface area contributed by atoms with Gasteiger partial charge in [-0.25, -0.2) is 0 Å². The third-order valence-electron chi connectivity index (χ3n) is 1.11. The molecule has 0 bridgehead atoms. The Bertz CT molecular complexity index is 105. The maximum Gasteiger partial charge on any atom is 0.293 e. The summed E-state index contributed by atoms with van der Waals surface area (Å²) >= 11 is 0. The summed E-state index contributed by atoms with van der Waals surface area (Å²) in [5.74, 6) is 0. The molecule has 0 aromatic heterocycles. The van der Waals surface area contributed by atoms with E-state index >= 15 is 0 Å². The standard InChI is InChI=1S/C6H12O5/c7-2-5(9)1-6(10)3-11-4-8/h4-7,9-10H,1-3H2. The Kier molecular flexibility index (Phi) is 5.73. The minimum atomic E-state index is -0.958. The predicted molar refractivity (Wildman–Crippen MR) is 35.7 cm³/mol. The van der Waals surface area contributed by atoms with Gasteiger partial charge in [-0.3, -0.25) is 4.79 Å². The Morgan fingerprint density at radius 1 is 1.36 bits per heavy atom. The van der Waals surface area contributed by atoms with Gasteiger partial charge in [0, 0.05) is 6.42 Å². The van der Waals surface area contributed by atoms with Crippen LogP contribution in [0.15, 0.2) is 0 Å². The highest BCUT2D eigenvalue weighted by Gasteiger charge is 2.10. The van der Waals surface area contributed by atoms with Crippen molar-refractivity contribution in [3.05, 3.63) is 0 Å². The zero-order valence-corrected chi connectivity index (χ0v) is 6.01. The molecule has 2 atom stereocenters. The zero-order valence-electron chi connectivity index (χ0n) is 6.01. The van der Waals surface area contributed by atoms with Gasteiger partial charge in [0.05, 0.1) is 18.8 Å². The summed E-state index contributed by atoms with van der Waals surface area (Å²) in [4.78, 5) is 9.62. The van der Waals surface area contributed by atoms with E-state index in [-0.39, 0.29) is 19.5 Å². The van der Waals surface area contributed by atoms with E-state index < -0.39 is 18.8 Å². The third-order valence-corrected chi connectivity index (χ3v) is 1.11. The summed E-state index contributed by atoms with van der Waals surface area (Å²) < 4.78 is 4.22. The van der Waals surface area contributed by atoms with Crippen LogP contribution in [-0.4, -0.2) is 47.2 Å². The van der Waals surface area contributed by atoms with Gasteiger partial charge < -0.3 is 20.1 Å². The Morgan fingerprint density at radius 2 is 2.00 bits per heavy atom. The molecule has 11 heavy (non-hydrogen) atoms. The van der Waals surface area contributed by atoms with E-state index in [9.17, 15) is 4.79 Å². The Morgan fingerprint density at radius 3 is 2.45 bits per heavy atom. The van der Waals surface area contributed by atoms with Gasteiger partial charge in [0.1, 0.15) is 6.61 Å². The monoisotopic (exact) mass is 164 g/mol. The molecule has 0 heterocycles. The van der Waals surface area contributed by atoms with Gasteiger partial charge in [-0.2, -0.15) is 0 Å². The van der Waals surface area contributed by atoms with Gasteiger partial charge in [0.15, 0.2) is 0 Å². The van der Waals surface area contributed by atoms with Crippen LogP contribution in [0, 0.1) is 0 Å². The zero-order chi connectivity index (χ0) is 8.69. The van der Waals surface area contributed by atoms with Crippen LogP contribution in [0.4, 0.5) is 0 Å². The first-order valence-corrected chi connectivity index (χ1v) is 3.23. The molecule has 0 radical (unpaired) electrons. The van der Waals surface area contributed by atoms with Crippen molar-refractivity contribution in [1.29, 1.82) is 0 Å². The largest absolute Gasteiger partial charge is 0.465 e. The minimum Gasteiger partial charge on any atom is -0.465 e. The fourth-order valence-electron chi connectivity index (χ4n) is 0.607.